The van der Waals surface area contributed by atoms with Crippen molar-refractivity contribution in [3.05, 3.63) is 193 Å². The maximum atomic E-state index is 14.1. The zero-order chi connectivity index (χ0) is 43.6. The molecular formula is C56H56FIrN3OSi. The molecule has 0 amide bonds. The van der Waals surface area contributed by atoms with Gasteiger partial charge in [0, 0.05) is 71.7 Å². The topological polar surface area (TPSA) is 51.8 Å². The zero-order valence-electron chi connectivity index (χ0n) is 37.3. The second-order valence-corrected chi connectivity index (χ2v) is 22.7. The molecule has 0 spiro atoms. The Hall–Kier alpha value is -5.85. The summed E-state index contributed by atoms with van der Waals surface area (Å²) in [5, 5.41) is 3.55. The Morgan fingerprint density at radius 3 is 1.78 bits per heavy atom. The summed E-state index contributed by atoms with van der Waals surface area (Å²) >= 11 is 0. The van der Waals surface area contributed by atoms with E-state index in [4.69, 9.17) is 9.40 Å². The molecule has 4 heterocycles. The molecule has 0 aliphatic rings. The molecule has 63 heavy (non-hydrogen) atoms. The second kappa shape index (κ2) is 21.5. The number of benzene rings is 5. The molecule has 0 saturated heterocycles. The van der Waals surface area contributed by atoms with E-state index in [0.29, 0.717) is 17.4 Å². The van der Waals surface area contributed by atoms with Crippen LogP contribution in [0.25, 0.3) is 66.8 Å². The first-order valence-electron chi connectivity index (χ1n) is 21.6. The molecule has 321 valence electrons. The Morgan fingerprint density at radius 2 is 1.14 bits per heavy atom. The Balaban J connectivity index is 0.000000161. The molecule has 0 unspecified atom stereocenters. The monoisotopic (exact) mass is 1030 g/mol. The molecule has 7 heteroatoms. The molecule has 0 atom stereocenters. The number of hydrogen-bond acceptors (Lipinski definition) is 4. The minimum atomic E-state index is -1.33. The smallest absolute Gasteiger partial charge is 0.144 e. The van der Waals surface area contributed by atoms with Gasteiger partial charge < -0.3 is 4.42 Å². The first-order valence-corrected chi connectivity index (χ1v) is 25.1. The summed E-state index contributed by atoms with van der Waals surface area (Å²) in [6, 6.07) is 51.9. The van der Waals surface area contributed by atoms with Crippen molar-refractivity contribution in [1.29, 1.82) is 0 Å². The number of fused-ring (bicyclic) bond motifs is 3. The molecule has 9 rings (SSSR count). The molecule has 0 aliphatic carbocycles. The van der Waals surface area contributed by atoms with Crippen LogP contribution >= 0.6 is 0 Å². The van der Waals surface area contributed by atoms with E-state index >= 15 is 0 Å². The third-order valence-electron chi connectivity index (χ3n) is 10.7. The summed E-state index contributed by atoms with van der Waals surface area (Å²) in [5.74, 6) is 1.12. The van der Waals surface area contributed by atoms with Crippen LogP contribution in [0.1, 0.15) is 38.8 Å². The van der Waals surface area contributed by atoms with Gasteiger partial charge >= 0.3 is 0 Å². The van der Waals surface area contributed by atoms with Gasteiger partial charge in [0.2, 0.25) is 0 Å². The summed E-state index contributed by atoms with van der Waals surface area (Å²) in [5.41, 5.74) is 12.1. The van der Waals surface area contributed by atoms with Gasteiger partial charge in [-0.05, 0) is 101 Å². The molecule has 0 saturated carbocycles. The van der Waals surface area contributed by atoms with E-state index < -0.39 is 8.07 Å². The molecule has 4 nitrogen and oxygen atoms in total. The van der Waals surface area contributed by atoms with Crippen molar-refractivity contribution >= 4 is 35.2 Å². The minimum Gasteiger partial charge on any atom is -0.455 e. The molecule has 9 aromatic rings. The molecular weight excluding hydrogens is 970 g/mol. The molecule has 5 aromatic carbocycles. The molecule has 4 aromatic heterocycles. The van der Waals surface area contributed by atoms with E-state index in [1.807, 2.05) is 85.1 Å². The average Bonchev–Trinajstić information content (AvgIpc) is 3.65. The number of halogens is 1. The quantitative estimate of drug-likeness (QED) is 0.135. The van der Waals surface area contributed by atoms with Crippen LogP contribution in [-0.4, -0.2) is 23.0 Å². The van der Waals surface area contributed by atoms with E-state index in [1.165, 1.54) is 33.5 Å². The van der Waals surface area contributed by atoms with Crippen molar-refractivity contribution < 1.29 is 28.9 Å². The third kappa shape index (κ3) is 12.0. The van der Waals surface area contributed by atoms with Crippen LogP contribution in [0.4, 0.5) is 4.39 Å². The van der Waals surface area contributed by atoms with Gasteiger partial charge in [0.05, 0.1) is 25.2 Å². The summed E-state index contributed by atoms with van der Waals surface area (Å²) in [6.07, 6.45) is 8.06. The van der Waals surface area contributed by atoms with Crippen molar-refractivity contribution in [2.45, 2.75) is 60.2 Å². The number of furan rings is 1. The van der Waals surface area contributed by atoms with Gasteiger partial charge in [-0.1, -0.05) is 150 Å². The fraction of sp³-hybridized carbons (Fsp3) is 0.196. The fourth-order valence-electron chi connectivity index (χ4n) is 7.77. The predicted molar refractivity (Wildman–Crippen MR) is 262 cm³/mol. The van der Waals surface area contributed by atoms with Gasteiger partial charge in [-0.25, -0.2) is 4.39 Å². The van der Waals surface area contributed by atoms with E-state index in [1.54, 1.807) is 18.3 Å². The van der Waals surface area contributed by atoms with Crippen LogP contribution in [0, 0.1) is 17.7 Å². The van der Waals surface area contributed by atoms with Gasteiger partial charge in [-0.2, -0.15) is 0 Å². The Kier molecular flexibility index (Phi) is 15.9. The van der Waals surface area contributed by atoms with Crippen LogP contribution in [0.3, 0.4) is 0 Å². The van der Waals surface area contributed by atoms with Crippen LogP contribution in [-0.2, 0) is 32.9 Å². The molecule has 1 radical (unpaired) electrons. The molecule has 0 bridgehead atoms. The standard InChI is InChI=1S/C23H14FNO.C18H25NSi.C15H17N.Ir/c24-20-9-2-1-6-16(20)15-11-12-17-18-7-5-8-19(21-10-3-4-13-25-21)23(18)26-22(17)14-15;1-14(2)11-16-12-17(15-9-7-6-8-10-15)19-13-18(16)20(3,4)5;1-12(2)10-13-8-9-16-15(11-13)14-6-4-3-5-7-14;/h1-14H;6-10,12-14H,11H2,1-5H3;3-9,11-12H,10H2,1-2H3;. The Morgan fingerprint density at radius 1 is 0.524 bits per heavy atom. The predicted octanol–water partition coefficient (Wildman–Crippen LogP) is 14.9. The van der Waals surface area contributed by atoms with Gasteiger partial charge in [0.1, 0.15) is 17.0 Å². The zero-order valence-corrected chi connectivity index (χ0v) is 40.7. The third-order valence-corrected chi connectivity index (χ3v) is 12.7. The minimum absolute atomic E-state index is 0. The largest absolute Gasteiger partial charge is 0.455 e. The maximum Gasteiger partial charge on any atom is 0.144 e. The second-order valence-electron chi connectivity index (χ2n) is 17.6. The van der Waals surface area contributed by atoms with Crippen molar-refractivity contribution in [1.82, 2.24) is 15.0 Å². The number of pyridine rings is 3. The van der Waals surface area contributed by atoms with Gasteiger partial charge in [0.15, 0.2) is 0 Å². The first-order chi connectivity index (χ1) is 29.9. The van der Waals surface area contributed by atoms with Gasteiger partial charge in [-0.15, -0.1) is 0 Å². The number of hydrogen-bond donors (Lipinski definition) is 0. The number of aromatic nitrogens is 3. The van der Waals surface area contributed by atoms with Gasteiger partial charge in [0.25, 0.3) is 0 Å². The van der Waals surface area contributed by atoms with E-state index in [-0.39, 0.29) is 25.9 Å². The van der Waals surface area contributed by atoms with Crippen LogP contribution in [0.15, 0.2) is 181 Å². The number of nitrogens with zero attached hydrogens (tertiary/aromatic N) is 3. The number of rotatable bonds is 9. The summed E-state index contributed by atoms with van der Waals surface area (Å²) < 4.78 is 20.3. The first kappa shape index (κ1) is 46.6. The van der Waals surface area contributed by atoms with Crippen molar-refractivity contribution in [3.63, 3.8) is 0 Å². The van der Waals surface area contributed by atoms with Crippen LogP contribution < -0.4 is 5.19 Å². The number of para-hydroxylation sites is 1. The fourth-order valence-corrected chi connectivity index (χ4v) is 9.36. The molecule has 0 fully saturated rings. The van der Waals surface area contributed by atoms with Crippen molar-refractivity contribution in [2.24, 2.45) is 11.8 Å². The van der Waals surface area contributed by atoms with Crippen molar-refractivity contribution in [2.75, 3.05) is 0 Å². The van der Waals surface area contributed by atoms with Crippen molar-refractivity contribution in [3.8, 4) is 44.9 Å². The maximum absolute atomic E-state index is 14.1. The van der Waals surface area contributed by atoms with Crippen LogP contribution in [0.5, 0.6) is 0 Å². The molecule has 0 aliphatic heterocycles. The average molecular weight is 1030 g/mol. The van der Waals surface area contributed by atoms with Gasteiger partial charge in [-0.3, -0.25) is 15.0 Å². The SMILES string of the molecule is CC(C)Cc1cc(-c2ccccc2)ncc1[Si](C)(C)C.CC(C)Cc1ccnc(-c2ccccc2)c1.Fc1ccccc1-c1ccc2c(c1)oc1c(-c3ccccn3)cccc12.[Ir]. The molecule has 0 N–H and O–H groups in total. The van der Waals surface area contributed by atoms with Crippen LogP contribution in [0.2, 0.25) is 19.6 Å². The summed E-state index contributed by atoms with van der Waals surface area (Å²) in [7, 11) is -1.33. The summed E-state index contributed by atoms with van der Waals surface area (Å²) in [4.78, 5) is 13.6. The Bertz CT molecular complexity index is 2860. The van der Waals surface area contributed by atoms with E-state index in [9.17, 15) is 4.39 Å². The normalized spacial score (nSPS) is 11.1. The van der Waals surface area contributed by atoms with E-state index in [2.05, 4.69) is 124 Å². The Labute approximate surface area is 387 Å². The van der Waals surface area contributed by atoms with E-state index in [0.717, 1.165) is 63.0 Å². The summed E-state index contributed by atoms with van der Waals surface area (Å²) in [6.45, 7) is 16.3.